The summed E-state index contributed by atoms with van der Waals surface area (Å²) in [7, 11) is 0. The normalized spacial score (nSPS) is 11.2. The number of aliphatic imine (C=N–C) groups is 1. The molecule has 5 nitrogen and oxygen atoms in total. The van der Waals surface area contributed by atoms with Crippen LogP contribution in [0.25, 0.3) is 0 Å². The highest BCUT2D eigenvalue weighted by Gasteiger charge is 2.01. The van der Waals surface area contributed by atoms with Crippen molar-refractivity contribution in [2.75, 3.05) is 25.4 Å². The van der Waals surface area contributed by atoms with E-state index in [1.807, 2.05) is 18.5 Å². The minimum atomic E-state index is 0. The summed E-state index contributed by atoms with van der Waals surface area (Å²) < 4.78 is 1.14. The number of guanidine groups is 1. The number of thiazole rings is 2. The van der Waals surface area contributed by atoms with Crippen molar-refractivity contribution in [2.45, 2.75) is 31.0 Å². The van der Waals surface area contributed by atoms with E-state index in [9.17, 15) is 0 Å². The molecule has 2 rings (SSSR count). The summed E-state index contributed by atoms with van der Waals surface area (Å²) in [5.74, 6) is 1.94. The Bertz CT molecular complexity index is 586. The fourth-order valence-corrected chi connectivity index (χ4v) is 4.15. The summed E-state index contributed by atoms with van der Waals surface area (Å²) in [5.41, 5.74) is 1.15. The van der Waals surface area contributed by atoms with E-state index in [1.165, 1.54) is 0 Å². The van der Waals surface area contributed by atoms with Gasteiger partial charge < -0.3 is 10.6 Å². The number of nitrogens with one attached hydrogen (secondary N) is 2. The number of hydrogen-bond acceptors (Lipinski definition) is 6. The van der Waals surface area contributed by atoms with Crippen molar-refractivity contribution < 1.29 is 0 Å². The molecule has 2 aromatic rings. The summed E-state index contributed by atoms with van der Waals surface area (Å²) in [6, 6.07) is 0. The number of thioether (sulfide) groups is 1. The van der Waals surface area contributed by atoms with E-state index in [2.05, 4.69) is 37.9 Å². The molecule has 0 aliphatic heterocycles. The predicted octanol–water partition coefficient (Wildman–Crippen LogP) is 3.81. The Morgan fingerprint density at radius 1 is 1.33 bits per heavy atom. The van der Waals surface area contributed by atoms with Gasteiger partial charge in [0.1, 0.15) is 4.34 Å². The molecule has 24 heavy (non-hydrogen) atoms. The van der Waals surface area contributed by atoms with E-state index in [1.54, 1.807) is 34.4 Å². The number of hydrogen-bond donors (Lipinski definition) is 2. The van der Waals surface area contributed by atoms with Crippen LogP contribution in [0.1, 0.15) is 24.0 Å². The Morgan fingerprint density at radius 2 is 2.21 bits per heavy atom. The van der Waals surface area contributed by atoms with Gasteiger partial charge in [-0.3, -0.25) is 4.99 Å². The lowest BCUT2D eigenvalue weighted by atomic mass is 10.3. The Kier molecular flexibility index (Phi) is 11.6. The molecule has 2 N–H and O–H groups in total. The van der Waals surface area contributed by atoms with Crippen molar-refractivity contribution in [1.29, 1.82) is 0 Å². The Labute approximate surface area is 173 Å². The molecule has 0 aliphatic carbocycles. The monoisotopic (exact) mass is 497 g/mol. The fraction of sp³-hybridized carbons (Fsp3) is 0.533. The number of aryl methyl sites for hydroxylation is 1. The average Bonchev–Trinajstić information content (AvgIpc) is 3.19. The van der Waals surface area contributed by atoms with Crippen molar-refractivity contribution in [3.63, 3.8) is 0 Å². The molecule has 2 aromatic heterocycles. The van der Waals surface area contributed by atoms with Crippen LogP contribution in [0.5, 0.6) is 0 Å². The third-order valence-electron chi connectivity index (χ3n) is 2.89. The van der Waals surface area contributed by atoms with E-state index in [4.69, 9.17) is 0 Å². The molecule has 0 unspecified atom stereocenters. The summed E-state index contributed by atoms with van der Waals surface area (Å²) in [5, 5.41) is 11.9. The van der Waals surface area contributed by atoms with Crippen LogP contribution < -0.4 is 10.6 Å². The summed E-state index contributed by atoms with van der Waals surface area (Å²) in [6.07, 6.45) is 3.82. The first-order valence-corrected chi connectivity index (χ1v) is 10.5. The summed E-state index contributed by atoms with van der Waals surface area (Å²) in [6.45, 7) is 6.66. The summed E-state index contributed by atoms with van der Waals surface area (Å²) >= 11 is 5.19. The van der Waals surface area contributed by atoms with E-state index >= 15 is 0 Å². The van der Waals surface area contributed by atoms with Crippen LogP contribution in [-0.4, -0.2) is 41.3 Å². The maximum atomic E-state index is 4.61. The first-order valence-electron chi connectivity index (χ1n) is 7.73. The van der Waals surface area contributed by atoms with Gasteiger partial charge in [0, 0.05) is 48.8 Å². The van der Waals surface area contributed by atoms with Crippen LogP contribution >= 0.6 is 58.4 Å². The van der Waals surface area contributed by atoms with Crippen LogP contribution in [0.4, 0.5) is 0 Å². The zero-order valence-corrected chi connectivity index (χ0v) is 18.7. The van der Waals surface area contributed by atoms with Crippen molar-refractivity contribution in [3.05, 3.63) is 27.7 Å². The van der Waals surface area contributed by atoms with Gasteiger partial charge >= 0.3 is 0 Å². The molecule has 0 fully saturated rings. The second-order valence-electron chi connectivity index (χ2n) is 4.80. The number of aromatic nitrogens is 2. The van der Waals surface area contributed by atoms with Crippen molar-refractivity contribution in [2.24, 2.45) is 4.99 Å². The highest BCUT2D eigenvalue weighted by atomic mass is 127. The molecule has 0 saturated carbocycles. The molecule has 0 radical (unpaired) electrons. The Hall–Kier alpha value is -0.390. The maximum Gasteiger partial charge on any atom is 0.191 e. The zero-order chi connectivity index (χ0) is 16.3. The van der Waals surface area contributed by atoms with Gasteiger partial charge in [0.15, 0.2) is 5.96 Å². The van der Waals surface area contributed by atoms with Gasteiger partial charge in [0.25, 0.3) is 0 Å². The van der Waals surface area contributed by atoms with Gasteiger partial charge in [0.05, 0.1) is 10.7 Å². The van der Waals surface area contributed by atoms with Gasteiger partial charge in [-0.05, 0) is 20.3 Å². The van der Waals surface area contributed by atoms with Crippen LogP contribution in [-0.2, 0) is 6.42 Å². The van der Waals surface area contributed by atoms with Gasteiger partial charge in [-0.15, -0.1) is 46.7 Å². The second kappa shape index (κ2) is 12.9. The predicted molar refractivity (Wildman–Crippen MR) is 117 cm³/mol. The van der Waals surface area contributed by atoms with Crippen molar-refractivity contribution in [3.8, 4) is 0 Å². The van der Waals surface area contributed by atoms with Crippen molar-refractivity contribution >= 4 is 64.4 Å². The fourth-order valence-electron chi connectivity index (χ4n) is 1.87. The lowest BCUT2D eigenvalue weighted by Crippen LogP contribution is -2.38. The van der Waals surface area contributed by atoms with Crippen LogP contribution in [0.2, 0.25) is 0 Å². The minimum absolute atomic E-state index is 0. The molecule has 2 heterocycles. The highest BCUT2D eigenvalue weighted by Crippen LogP contribution is 2.20. The number of halogens is 1. The van der Waals surface area contributed by atoms with Gasteiger partial charge in [-0.1, -0.05) is 11.8 Å². The average molecular weight is 497 g/mol. The molecule has 134 valence electrons. The molecular weight excluding hydrogens is 473 g/mol. The molecule has 0 aromatic carbocycles. The molecule has 0 saturated heterocycles. The molecule has 0 amide bonds. The second-order valence-corrected chi connectivity index (χ2v) is 8.09. The molecule has 9 heteroatoms. The molecule has 0 atom stereocenters. The standard InChI is InChI=1S/C15H23N5S3.HI/c1-3-16-14(18-7-5-13-11-23-12(2)20-13)17-6-4-9-21-15-19-8-10-22-15;/h8,10-11H,3-7,9H2,1-2H3,(H2,16,17,18);1H. The summed E-state index contributed by atoms with van der Waals surface area (Å²) in [4.78, 5) is 13.4. The first kappa shape index (κ1) is 21.7. The van der Waals surface area contributed by atoms with E-state index in [0.29, 0.717) is 0 Å². The first-order chi connectivity index (χ1) is 11.3. The maximum absolute atomic E-state index is 4.61. The van der Waals surface area contributed by atoms with Crippen LogP contribution in [0, 0.1) is 6.92 Å². The molecular formula is C15H24IN5S3. The quantitative estimate of drug-likeness (QED) is 0.182. The smallest absolute Gasteiger partial charge is 0.191 e. The zero-order valence-electron chi connectivity index (χ0n) is 13.9. The van der Waals surface area contributed by atoms with Gasteiger partial charge in [-0.2, -0.15) is 0 Å². The third-order valence-corrected chi connectivity index (χ3v) is 5.77. The topological polar surface area (TPSA) is 62.2 Å². The van der Waals surface area contributed by atoms with Gasteiger partial charge in [0.2, 0.25) is 0 Å². The molecule has 0 aliphatic rings. The minimum Gasteiger partial charge on any atom is -0.357 e. The third kappa shape index (κ3) is 8.63. The van der Waals surface area contributed by atoms with E-state index < -0.39 is 0 Å². The van der Waals surface area contributed by atoms with Crippen LogP contribution in [0.15, 0.2) is 26.3 Å². The SMILES string of the molecule is CCNC(=NCCCSc1nccs1)NCCc1csc(C)n1.I. The lowest BCUT2D eigenvalue weighted by molar-refractivity contribution is 0.786. The van der Waals surface area contributed by atoms with E-state index in [0.717, 1.165) is 59.2 Å². The Morgan fingerprint density at radius 3 is 2.88 bits per heavy atom. The number of nitrogens with zero attached hydrogens (tertiary/aromatic N) is 3. The Balaban J connectivity index is 0.00000288. The molecule has 0 spiro atoms. The lowest BCUT2D eigenvalue weighted by Gasteiger charge is -2.10. The van der Waals surface area contributed by atoms with E-state index in [-0.39, 0.29) is 24.0 Å². The number of rotatable bonds is 9. The van der Waals surface area contributed by atoms with Crippen molar-refractivity contribution in [1.82, 2.24) is 20.6 Å². The molecule has 0 bridgehead atoms. The highest BCUT2D eigenvalue weighted by molar-refractivity contribution is 14.0. The van der Waals surface area contributed by atoms with Crippen LogP contribution in [0.3, 0.4) is 0 Å². The van der Waals surface area contributed by atoms with Gasteiger partial charge in [-0.25, -0.2) is 9.97 Å². The largest absolute Gasteiger partial charge is 0.357 e.